The largest absolute Gasteiger partial charge is 0.357 e. The van der Waals surface area contributed by atoms with E-state index in [2.05, 4.69) is 5.32 Å². The summed E-state index contributed by atoms with van der Waals surface area (Å²) in [6.07, 6.45) is 0.0829. The van der Waals surface area contributed by atoms with Gasteiger partial charge < -0.3 is 10.2 Å². The molecule has 0 bridgehead atoms. The van der Waals surface area contributed by atoms with E-state index in [4.69, 9.17) is 46.4 Å². The number of nitrogens with one attached hydrogen (secondary N) is 1. The van der Waals surface area contributed by atoms with Crippen molar-refractivity contribution < 1.29 is 9.59 Å². The Bertz CT molecular complexity index is 858. The Labute approximate surface area is 178 Å². The highest BCUT2D eigenvalue weighted by Crippen LogP contribution is 2.25. The van der Waals surface area contributed by atoms with Crippen molar-refractivity contribution in [3.63, 3.8) is 0 Å². The highest BCUT2D eigenvalue weighted by molar-refractivity contribution is 6.42. The minimum absolute atomic E-state index is 0.0829. The highest BCUT2D eigenvalue weighted by atomic mass is 35.5. The van der Waals surface area contributed by atoms with E-state index in [9.17, 15) is 9.59 Å². The Balaban J connectivity index is 2.27. The summed E-state index contributed by atoms with van der Waals surface area (Å²) in [5.74, 6) is -0.492. The molecule has 2 aromatic rings. The molecule has 0 saturated carbocycles. The third kappa shape index (κ3) is 5.76. The number of halogens is 4. The van der Waals surface area contributed by atoms with Crippen molar-refractivity contribution in [3.8, 4) is 0 Å². The van der Waals surface area contributed by atoms with Crippen LogP contribution in [0.25, 0.3) is 0 Å². The fraction of sp³-hybridized carbons (Fsp3) is 0.263. The SMILES string of the molecule is CNC(=O)[C@H](C)N(Cc1ccc(Cl)c(Cl)c1)C(=O)Cc1ccc(Cl)c(Cl)c1. The van der Waals surface area contributed by atoms with Gasteiger partial charge in [0.05, 0.1) is 26.5 Å². The lowest BCUT2D eigenvalue weighted by atomic mass is 10.1. The molecule has 27 heavy (non-hydrogen) atoms. The maximum Gasteiger partial charge on any atom is 0.242 e. The average molecular weight is 448 g/mol. The summed E-state index contributed by atoms with van der Waals surface area (Å²) in [5.41, 5.74) is 1.47. The zero-order valence-electron chi connectivity index (χ0n) is 14.7. The van der Waals surface area contributed by atoms with Crippen LogP contribution in [0.1, 0.15) is 18.1 Å². The van der Waals surface area contributed by atoms with Crippen LogP contribution >= 0.6 is 46.4 Å². The minimum Gasteiger partial charge on any atom is -0.357 e. The number of hydrogen-bond donors (Lipinski definition) is 1. The standard InChI is InChI=1S/C19H18Cl4N2O2/c1-11(19(27)24-2)25(10-13-4-6-15(21)17(23)8-13)18(26)9-12-3-5-14(20)16(22)7-12/h3-8,11H,9-10H2,1-2H3,(H,24,27)/t11-/m0/s1. The summed E-state index contributed by atoms with van der Waals surface area (Å²) in [6.45, 7) is 1.88. The Morgan fingerprint density at radius 2 is 1.44 bits per heavy atom. The summed E-state index contributed by atoms with van der Waals surface area (Å²) >= 11 is 24.0. The molecule has 0 aliphatic rings. The van der Waals surface area contributed by atoms with Crippen molar-refractivity contribution >= 4 is 58.2 Å². The molecule has 4 nitrogen and oxygen atoms in total. The summed E-state index contributed by atoms with van der Waals surface area (Å²) in [5, 5.41) is 4.17. The molecule has 2 rings (SSSR count). The van der Waals surface area contributed by atoms with Crippen LogP contribution in [0.3, 0.4) is 0 Å². The van der Waals surface area contributed by atoms with Gasteiger partial charge in [0.1, 0.15) is 6.04 Å². The smallest absolute Gasteiger partial charge is 0.242 e. The normalized spacial score (nSPS) is 11.8. The molecule has 0 aliphatic heterocycles. The van der Waals surface area contributed by atoms with E-state index >= 15 is 0 Å². The van der Waals surface area contributed by atoms with E-state index in [1.54, 1.807) is 43.3 Å². The number of hydrogen-bond acceptors (Lipinski definition) is 2. The van der Waals surface area contributed by atoms with Gasteiger partial charge in [0.25, 0.3) is 0 Å². The molecule has 2 aromatic carbocycles. The van der Waals surface area contributed by atoms with Crippen molar-refractivity contribution in [2.45, 2.75) is 25.9 Å². The van der Waals surface area contributed by atoms with E-state index in [0.717, 1.165) is 5.56 Å². The second-order valence-corrected chi connectivity index (χ2v) is 7.61. The summed E-state index contributed by atoms with van der Waals surface area (Å²) < 4.78 is 0. The van der Waals surface area contributed by atoms with Crippen LogP contribution in [0.4, 0.5) is 0 Å². The Morgan fingerprint density at radius 3 is 1.96 bits per heavy atom. The van der Waals surface area contributed by atoms with Gasteiger partial charge in [-0.15, -0.1) is 0 Å². The molecule has 1 N–H and O–H groups in total. The number of likely N-dealkylation sites (N-methyl/N-ethyl adjacent to an activating group) is 1. The van der Waals surface area contributed by atoms with E-state index in [0.29, 0.717) is 25.7 Å². The molecule has 0 heterocycles. The van der Waals surface area contributed by atoms with Gasteiger partial charge in [-0.25, -0.2) is 0 Å². The van der Waals surface area contributed by atoms with Gasteiger partial charge in [-0.3, -0.25) is 9.59 Å². The quantitative estimate of drug-likeness (QED) is 0.676. The van der Waals surface area contributed by atoms with Gasteiger partial charge in [0.2, 0.25) is 11.8 Å². The molecule has 0 aromatic heterocycles. The van der Waals surface area contributed by atoms with Gasteiger partial charge in [-0.2, -0.15) is 0 Å². The number of carbonyl (C=O) groups excluding carboxylic acids is 2. The number of nitrogens with zero attached hydrogens (tertiary/aromatic N) is 1. The van der Waals surface area contributed by atoms with Crippen molar-refractivity contribution in [3.05, 3.63) is 67.6 Å². The van der Waals surface area contributed by atoms with E-state index in [1.807, 2.05) is 0 Å². The van der Waals surface area contributed by atoms with Gasteiger partial charge >= 0.3 is 0 Å². The molecular weight excluding hydrogens is 430 g/mol. The lowest BCUT2D eigenvalue weighted by Crippen LogP contribution is -2.47. The first-order valence-corrected chi connectivity index (χ1v) is 9.63. The first kappa shape index (κ1) is 21.8. The lowest BCUT2D eigenvalue weighted by Gasteiger charge is -2.28. The van der Waals surface area contributed by atoms with Crippen LogP contribution in [-0.4, -0.2) is 29.8 Å². The molecule has 0 saturated heterocycles. The van der Waals surface area contributed by atoms with Crippen molar-refractivity contribution in [1.29, 1.82) is 0 Å². The fourth-order valence-corrected chi connectivity index (χ4v) is 3.19. The highest BCUT2D eigenvalue weighted by Gasteiger charge is 2.25. The number of amides is 2. The zero-order valence-corrected chi connectivity index (χ0v) is 17.8. The van der Waals surface area contributed by atoms with Crippen LogP contribution in [0.5, 0.6) is 0 Å². The van der Waals surface area contributed by atoms with E-state index in [-0.39, 0.29) is 24.8 Å². The van der Waals surface area contributed by atoms with Crippen molar-refractivity contribution in [2.75, 3.05) is 7.05 Å². The molecule has 2 amide bonds. The van der Waals surface area contributed by atoms with Crippen LogP contribution in [-0.2, 0) is 22.6 Å². The number of benzene rings is 2. The minimum atomic E-state index is -0.667. The summed E-state index contributed by atoms with van der Waals surface area (Å²) in [7, 11) is 1.53. The molecule has 1 atom stereocenters. The number of carbonyl (C=O) groups is 2. The van der Waals surface area contributed by atoms with Crippen LogP contribution < -0.4 is 5.32 Å². The van der Waals surface area contributed by atoms with Crippen molar-refractivity contribution in [1.82, 2.24) is 10.2 Å². The molecule has 0 radical (unpaired) electrons. The summed E-state index contributed by atoms with van der Waals surface area (Å²) in [4.78, 5) is 26.6. The van der Waals surface area contributed by atoms with Crippen LogP contribution in [0, 0.1) is 0 Å². The van der Waals surface area contributed by atoms with E-state index < -0.39 is 6.04 Å². The second kappa shape index (κ2) is 9.65. The Kier molecular flexibility index (Phi) is 7.80. The molecule has 8 heteroatoms. The molecular formula is C19H18Cl4N2O2. The zero-order chi connectivity index (χ0) is 20.1. The Morgan fingerprint density at radius 1 is 0.926 bits per heavy atom. The lowest BCUT2D eigenvalue weighted by molar-refractivity contribution is -0.139. The van der Waals surface area contributed by atoms with Crippen LogP contribution in [0.2, 0.25) is 20.1 Å². The third-order valence-electron chi connectivity index (χ3n) is 4.09. The molecule has 0 fully saturated rings. The maximum absolute atomic E-state index is 12.9. The first-order valence-electron chi connectivity index (χ1n) is 8.11. The molecule has 0 spiro atoms. The van der Waals surface area contributed by atoms with Crippen LogP contribution in [0.15, 0.2) is 36.4 Å². The average Bonchev–Trinajstić information content (AvgIpc) is 2.64. The fourth-order valence-electron chi connectivity index (χ4n) is 2.55. The van der Waals surface area contributed by atoms with Gasteiger partial charge in [-0.1, -0.05) is 58.5 Å². The topological polar surface area (TPSA) is 49.4 Å². The molecule has 0 unspecified atom stereocenters. The number of rotatable bonds is 6. The Hall–Kier alpha value is -1.46. The maximum atomic E-state index is 12.9. The van der Waals surface area contributed by atoms with Gasteiger partial charge in [0.15, 0.2) is 0 Å². The van der Waals surface area contributed by atoms with Gasteiger partial charge in [0, 0.05) is 13.6 Å². The second-order valence-electron chi connectivity index (χ2n) is 5.99. The summed E-state index contributed by atoms with van der Waals surface area (Å²) in [6, 6.07) is 9.45. The van der Waals surface area contributed by atoms with Crippen molar-refractivity contribution in [2.24, 2.45) is 0 Å². The molecule has 144 valence electrons. The predicted molar refractivity (Wildman–Crippen MR) is 111 cm³/mol. The predicted octanol–water partition coefficient (Wildman–Crippen LogP) is 5.01. The van der Waals surface area contributed by atoms with Gasteiger partial charge in [-0.05, 0) is 42.3 Å². The van der Waals surface area contributed by atoms with E-state index in [1.165, 1.54) is 11.9 Å². The third-order valence-corrected chi connectivity index (χ3v) is 5.57. The monoisotopic (exact) mass is 446 g/mol. The first-order chi connectivity index (χ1) is 12.7. The molecule has 0 aliphatic carbocycles.